The Balaban J connectivity index is 1.42. The monoisotopic (exact) mass is 594 g/mol. The van der Waals surface area contributed by atoms with E-state index in [0.717, 1.165) is 16.7 Å². The van der Waals surface area contributed by atoms with Crippen molar-refractivity contribution < 1.29 is 42.4 Å². The molecule has 42 heavy (non-hydrogen) atoms. The van der Waals surface area contributed by atoms with Gasteiger partial charge in [0.2, 0.25) is 12.5 Å². The van der Waals surface area contributed by atoms with Gasteiger partial charge in [-0.3, -0.25) is 14.9 Å². The van der Waals surface area contributed by atoms with E-state index in [-0.39, 0.29) is 36.0 Å². The minimum atomic E-state index is -0.617. The van der Waals surface area contributed by atoms with Gasteiger partial charge in [0.25, 0.3) is 5.91 Å². The molecule has 3 aromatic carbocycles. The molecule has 12 heteroatoms. The summed E-state index contributed by atoms with van der Waals surface area (Å²) in [4.78, 5) is 26.1. The number of rotatable bonds is 6. The number of cyclic esters (lactones) is 1. The molecule has 4 atom stereocenters. The van der Waals surface area contributed by atoms with E-state index in [2.05, 4.69) is 10.6 Å². The van der Waals surface area contributed by atoms with Crippen LogP contribution in [0.25, 0.3) is 0 Å². The van der Waals surface area contributed by atoms with Crippen LogP contribution in [-0.2, 0) is 9.53 Å². The van der Waals surface area contributed by atoms with E-state index in [0.29, 0.717) is 28.7 Å². The Labute approximate surface area is 246 Å². The molecule has 0 radical (unpaired) electrons. The summed E-state index contributed by atoms with van der Waals surface area (Å²) < 4.78 is 47.1. The number of fused-ring (bicyclic) bond motifs is 3. The number of esters is 1. The molecule has 0 bridgehead atoms. The lowest BCUT2D eigenvalue weighted by molar-refractivity contribution is -0.141. The molecule has 0 aromatic heterocycles. The highest BCUT2D eigenvalue weighted by molar-refractivity contribution is 7.80. The summed E-state index contributed by atoms with van der Waals surface area (Å²) in [7, 11) is 4.58. The molecule has 1 saturated heterocycles. The van der Waals surface area contributed by atoms with Gasteiger partial charge in [-0.25, -0.2) is 4.39 Å². The molecule has 1 fully saturated rings. The fraction of sp³-hybridized carbons (Fsp3) is 0.300. The van der Waals surface area contributed by atoms with Crippen molar-refractivity contribution in [1.29, 1.82) is 0 Å². The van der Waals surface area contributed by atoms with E-state index in [1.54, 1.807) is 0 Å². The Morgan fingerprint density at radius 2 is 1.57 bits per heavy atom. The van der Waals surface area contributed by atoms with Crippen LogP contribution in [0.5, 0.6) is 28.7 Å². The number of thiocarbonyl (C=S) groups is 1. The number of halogens is 1. The maximum atomic E-state index is 13.4. The number of carbonyl (C=O) groups excluding carboxylic acids is 2. The zero-order chi connectivity index (χ0) is 29.5. The van der Waals surface area contributed by atoms with Crippen molar-refractivity contribution in [3.63, 3.8) is 0 Å². The first kappa shape index (κ1) is 27.6. The molecule has 1 amide bonds. The van der Waals surface area contributed by atoms with Gasteiger partial charge < -0.3 is 33.7 Å². The molecular formula is C30H27FN2O8S. The predicted octanol–water partition coefficient (Wildman–Crippen LogP) is 3.86. The van der Waals surface area contributed by atoms with Gasteiger partial charge in [0.05, 0.1) is 39.9 Å². The normalized spacial score (nSPS) is 21.5. The van der Waals surface area contributed by atoms with Gasteiger partial charge in [0.15, 0.2) is 28.1 Å². The van der Waals surface area contributed by atoms with Crippen molar-refractivity contribution in [2.45, 2.75) is 12.0 Å². The molecule has 0 unspecified atom stereocenters. The summed E-state index contributed by atoms with van der Waals surface area (Å²) in [5, 5.41) is 5.93. The van der Waals surface area contributed by atoms with Crippen molar-refractivity contribution in [1.82, 2.24) is 10.6 Å². The standard InChI is InChI=1S/C30H27FN2O8S/c1-36-22-8-15(9-23(37-2)27(22)38-3)24-17-10-20-21(41-13-40-20)11-18(17)26(19-12-39-29(35)25(19)24)32-30(42)33-28(34)14-4-6-16(31)7-5-14/h4-11,19,24-26H,12-13H2,1-3H3,(H2,32,33,34,42)/t19-,24+,25-,26+/m0/s1. The number of carbonyl (C=O) groups is 2. The summed E-state index contributed by atoms with van der Waals surface area (Å²) in [5.41, 5.74) is 2.59. The molecule has 0 saturated carbocycles. The Morgan fingerprint density at radius 1 is 0.929 bits per heavy atom. The molecule has 2 N–H and O–H groups in total. The Bertz CT molecular complexity index is 1560. The van der Waals surface area contributed by atoms with Gasteiger partial charge in [-0.1, -0.05) is 0 Å². The zero-order valence-electron chi connectivity index (χ0n) is 22.9. The van der Waals surface area contributed by atoms with Gasteiger partial charge in [-0.2, -0.15) is 0 Å². The van der Waals surface area contributed by atoms with Crippen LogP contribution in [0.2, 0.25) is 0 Å². The third-order valence-corrected chi connectivity index (χ3v) is 8.07. The molecule has 3 aromatic rings. The fourth-order valence-corrected chi connectivity index (χ4v) is 6.20. The van der Waals surface area contributed by atoms with Gasteiger partial charge in [0.1, 0.15) is 5.82 Å². The maximum Gasteiger partial charge on any atom is 0.310 e. The second kappa shape index (κ2) is 11.0. The smallest absolute Gasteiger partial charge is 0.310 e. The zero-order valence-corrected chi connectivity index (χ0v) is 23.7. The number of ether oxygens (including phenoxy) is 6. The second-order valence-electron chi connectivity index (χ2n) is 10.0. The van der Waals surface area contributed by atoms with Gasteiger partial charge in [-0.05, 0) is 77.4 Å². The van der Waals surface area contributed by atoms with E-state index >= 15 is 0 Å². The third-order valence-electron chi connectivity index (χ3n) is 7.85. The molecule has 2 aliphatic heterocycles. The number of methoxy groups -OCH3 is 3. The highest BCUT2D eigenvalue weighted by Crippen LogP contribution is 2.55. The van der Waals surface area contributed by atoms with Crippen LogP contribution < -0.4 is 34.3 Å². The molecular weight excluding hydrogens is 567 g/mol. The highest BCUT2D eigenvalue weighted by Gasteiger charge is 2.53. The van der Waals surface area contributed by atoms with Gasteiger partial charge in [0, 0.05) is 17.4 Å². The van der Waals surface area contributed by atoms with Crippen molar-refractivity contribution in [2.24, 2.45) is 11.8 Å². The van der Waals surface area contributed by atoms with Crippen molar-refractivity contribution in [3.8, 4) is 28.7 Å². The average molecular weight is 595 g/mol. The number of benzene rings is 3. The lowest BCUT2D eigenvalue weighted by Crippen LogP contribution is -2.47. The summed E-state index contributed by atoms with van der Waals surface area (Å²) in [6.45, 7) is 0.191. The minimum absolute atomic E-state index is 0.0438. The lowest BCUT2D eigenvalue weighted by Gasteiger charge is -2.40. The topological polar surface area (TPSA) is 114 Å². The van der Waals surface area contributed by atoms with Crippen LogP contribution in [0.15, 0.2) is 48.5 Å². The quantitative estimate of drug-likeness (QED) is 0.322. The van der Waals surface area contributed by atoms with Crippen molar-refractivity contribution in [2.75, 3.05) is 34.7 Å². The number of hydrogen-bond acceptors (Lipinski definition) is 9. The van der Waals surface area contributed by atoms with Crippen molar-refractivity contribution >= 4 is 29.2 Å². The maximum absolute atomic E-state index is 13.4. The van der Waals surface area contributed by atoms with Crippen LogP contribution in [0.4, 0.5) is 4.39 Å². The number of hydrogen-bond donors (Lipinski definition) is 2. The summed E-state index contributed by atoms with van der Waals surface area (Å²) >= 11 is 5.53. The van der Waals surface area contributed by atoms with Gasteiger partial charge >= 0.3 is 5.97 Å². The van der Waals surface area contributed by atoms with Crippen LogP contribution in [-0.4, -0.2) is 51.7 Å². The largest absolute Gasteiger partial charge is 0.493 e. The number of nitrogens with one attached hydrogen (secondary N) is 2. The lowest BCUT2D eigenvalue weighted by atomic mass is 9.65. The van der Waals surface area contributed by atoms with Crippen molar-refractivity contribution in [3.05, 3.63) is 76.6 Å². The minimum Gasteiger partial charge on any atom is -0.493 e. The van der Waals surface area contributed by atoms with Crippen LogP contribution >= 0.6 is 12.2 Å². The van der Waals surface area contributed by atoms with E-state index in [1.807, 2.05) is 24.3 Å². The Hall–Kier alpha value is -4.58. The Morgan fingerprint density at radius 3 is 2.19 bits per heavy atom. The Kier molecular flexibility index (Phi) is 7.23. The van der Waals surface area contributed by atoms with E-state index in [4.69, 9.17) is 40.6 Å². The molecule has 2 heterocycles. The van der Waals surface area contributed by atoms with E-state index in [1.165, 1.54) is 45.6 Å². The van der Waals surface area contributed by atoms with Gasteiger partial charge in [-0.15, -0.1) is 0 Å². The summed E-state index contributed by atoms with van der Waals surface area (Å²) in [6, 6.07) is 12.0. The van der Waals surface area contributed by atoms with E-state index < -0.39 is 29.6 Å². The first-order valence-electron chi connectivity index (χ1n) is 13.1. The fourth-order valence-electron chi connectivity index (χ4n) is 5.98. The second-order valence-corrected chi connectivity index (χ2v) is 10.4. The average Bonchev–Trinajstić information content (AvgIpc) is 3.61. The molecule has 1 aliphatic carbocycles. The third kappa shape index (κ3) is 4.71. The molecule has 3 aliphatic rings. The molecule has 218 valence electrons. The first-order chi connectivity index (χ1) is 20.3. The number of amides is 1. The van der Waals surface area contributed by atoms with Crippen LogP contribution in [0.3, 0.4) is 0 Å². The SMILES string of the molecule is COc1cc([C@@H]2c3cc4c(cc3[C@@H](NC(=S)NC(=O)c3ccc(F)cc3)[C@H]3COC(=O)[C@H]23)OCO4)cc(OC)c1OC. The molecule has 6 rings (SSSR count). The van der Waals surface area contributed by atoms with E-state index in [9.17, 15) is 14.0 Å². The van der Waals surface area contributed by atoms with Crippen LogP contribution in [0, 0.1) is 17.7 Å². The first-order valence-corrected chi connectivity index (χ1v) is 13.5. The molecule has 10 nitrogen and oxygen atoms in total. The van der Waals surface area contributed by atoms with Crippen LogP contribution in [0.1, 0.15) is 39.0 Å². The summed E-state index contributed by atoms with van der Waals surface area (Å²) in [6.07, 6.45) is 0. The predicted molar refractivity (Wildman–Crippen MR) is 151 cm³/mol. The highest BCUT2D eigenvalue weighted by atomic mass is 32.1. The summed E-state index contributed by atoms with van der Waals surface area (Å²) in [5.74, 6) is -0.358. The molecule has 0 spiro atoms.